The number of benzene rings is 1. The minimum atomic E-state index is 0.125. The van der Waals surface area contributed by atoms with E-state index in [0.29, 0.717) is 13.2 Å². The molecular formula is C17H30N2O2. The summed E-state index contributed by atoms with van der Waals surface area (Å²) in [6.07, 6.45) is 1.02. The van der Waals surface area contributed by atoms with E-state index in [0.717, 1.165) is 18.7 Å². The van der Waals surface area contributed by atoms with Crippen molar-refractivity contribution in [3.8, 4) is 5.75 Å². The molecule has 0 saturated heterocycles. The lowest BCUT2D eigenvalue weighted by Crippen LogP contribution is -2.39. The van der Waals surface area contributed by atoms with Crippen LogP contribution in [0.25, 0.3) is 0 Å². The Kier molecular flexibility index (Phi) is 7.72. The van der Waals surface area contributed by atoms with E-state index in [-0.39, 0.29) is 6.23 Å². The zero-order chi connectivity index (χ0) is 15.8. The van der Waals surface area contributed by atoms with Gasteiger partial charge >= 0.3 is 0 Å². The standard InChI is InChI=1S/C17H30N2O2/c1-14-9-7-10-15(2)17(14)21-12-8-11-20-16(19(5)6)13-18(3)4/h7,9-10,16H,8,11-13H2,1-6H3. The molecule has 4 nitrogen and oxygen atoms in total. The molecule has 1 aromatic rings. The van der Waals surface area contributed by atoms with E-state index >= 15 is 0 Å². The van der Waals surface area contributed by atoms with Gasteiger partial charge in [-0.25, -0.2) is 0 Å². The highest BCUT2D eigenvalue weighted by Gasteiger charge is 2.12. The van der Waals surface area contributed by atoms with Crippen molar-refractivity contribution in [3.05, 3.63) is 29.3 Å². The van der Waals surface area contributed by atoms with Crippen LogP contribution in [0.1, 0.15) is 17.5 Å². The molecule has 0 aliphatic heterocycles. The molecule has 1 unspecified atom stereocenters. The number of para-hydroxylation sites is 1. The second-order valence-corrected chi connectivity index (χ2v) is 5.97. The third-order valence-corrected chi connectivity index (χ3v) is 3.35. The molecule has 0 radical (unpaired) electrons. The smallest absolute Gasteiger partial charge is 0.125 e. The van der Waals surface area contributed by atoms with Gasteiger partial charge < -0.3 is 14.4 Å². The predicted molar refractivity (Wildman–Crippen MR) is 88.0 cm³/mol. The highest BCUT2D eigenvalue weighted by Crippen LogP contribution is 2.22. The van der Waals surface area contributed by atoms with Crippen molar-refractivity contribution in [3.63, 3.8) is 0 Å². The number of likely N-dealkylation sites (N-methyl/N-ethyl adjacent to an activating group) is 2. The Balaban J connectivity index is 2.30. The van der Waals surface area contributed by atoms with Crippen LogP contribution in [0.4, 0.5) is 0 Å². The van der Waals surface area contributed by atoms with Crippen molar-refractivity contribution in [2.75, 3.05) is 47.9 Å². The van der Waals surface area contributed by atoms with E-state index in [1.807, 2.05) is 14.1 Å². The Bertz CT molecular complexity index is 399. The summed E-state index contributed by atoms with van der Waals surface area (Å²) < 4.78 is 11.8. The highest BCUT2D eigenvalue weighted by atomic mass is 16.5. The Morgan fingerprint density at radius 2 is 1.62 bits per heavy atom. The zero-order valence-electron chi connectivity index (χ0n) is 14.3. The molecule has 4 heteroatoms. The maximum atomic E-state index is 5.92. The van der Waals surface area contributed by atoms with Gasteiger partial charge in [0.25, 0.3) is 0 Å². The minimum Gasteiger partial charge on any atom is -0.493 e. The van der Waals surface area contributed by atoms with Crippen LogP contribution < -0.4 is 4.74 Å². The fourth-order valence-corrected chi connectivity index (χ4v) is 2.16. The van der Waals surface area contributed by atoms with Gasteiger partial charge in [0.2, 0.25) is 0 Å². The second-order valence-electron chi connectivity index (χ2n) is 5.97. The molecule has 1 atom stereocenters. The molecule has 0 spiro atoms. The van der Waals surface area contributed by atoms with Crippen molar-refractivity contribution in [2.45, 2.75) is 26.5 Å². The van der Waals surface area contributed by atoms with E-state index in [9.17, 15) is 0 Å². The van der Waals surface area contributed by atoms with Crippen molar-refractivity contribution < 1.29 is 9.47 Å². The van der Waals surface area contributed by atoms with E-state index < -0.39 is 0 Å². The second kappa shape index (κ2) is 9.03. The minimum absolute atomic E-state index is 0.125. The number of rotatable bonds is 9. The van der Waals surface area contributed by atoms with Gasteiger partial charge in [0.15, 0.2) is 0 Å². The zero-order valence-corrected chi connectivity index (χ0v) is 14.3. The molecule has 0 bridgehead atoms. The number of aryl methyl sites for hydroxylation is 2. The predicted octanol–water partition coefficient (Wildman–Crippen LogP) is 2.54. The highest BCUT2D eigenvalue weighted by molar-refractivity contribution is 5.39. The lowest BCUT2D eigenvalue weighted by Gasteiger charge is -2.27. The first-order chi connectivity index (χ1) is 9.91. The molecule has 0 aliphatic carbocycles. The Hall–Kier alpha value is -1.10. The number of nitrogens with zero attached hydrogens (tertiary/aromatic N) is 2. The summed E-state index contributed by atoms with van der Waals surface area (Å²) in [7, 11) is 8.20. The summed E-state index contributed by atoms with van der Waals surface area (Å²) in [6.45, 7) is 6.45. The van der Waals surface area contributed by atoms with Crippen LogP contribution in [0.3, 0.4) is 0 Å². The average molecular weight is 294 g/mol. The average Bonchev–Trinajstić information content (AvgIpc) is 2.39. The van der Waals surface area contributed by atoms with Gasteiger partial charge in [0, 0.05) is 13.0 Å². The van der Waals surface area contributed by atoms with Gasteiger partial charge in [-0.15, -0.1) is 0 Å². The fraction of sp³-hybridized carbons (Fsp3) is 0.647. The van der Waals surface area contributed by atoms with Crippen molar-refractivity contribution in [1.82, 2.24) is 9.80 Å². The summed E-state index contributed by atoms with van der Waals surface area (Å²) in [5.74, 6) is 1.01. The van der Waals surface area contributed by atoms with Crippen molar-refractivity contribution >= 4 is 0 Å². The molecule has 1 aromatic carbocycles. The summed E-state index contributed by atoms with van der Waals surface area (Å²) >= 11 is 0. The largest absolute Gasteiger partial charge is 0.493 e. The van der Waals surface area contributed by atoms with E-state index in [4.69, 9.17) is 9.47 Å². The van der Waals surface area contributed by atoms with Crippen LogP contribution in [0.2, 0.25) is 0 Å². The fourth-order valence-electron chi connectivity index (χ4n) is 2.16. The van der Waals surface area contributed by atoms with Crippen LogP contribution in [0.5, 0.6) is 5.75 Å². The van der Waals surface area contributed by atoms with Crippen molar-refractivity contribution in [2.24, 2.45) is 0 Å². The van der Waals surface area contributed by atoms with Crippen LogP contribution >= 0.6 is 0 Å². The molecule has 0 saturated carbocycles. The summed E-state index contributed by atoms with van der Waals surface area (Å²) in [5.41, 5.74) is 2.38. The molecule has 0 fully saturated rings. The van der Waals surface area contributed by atoms with Crippen molar-refractivity contribution in [1.29, 1.82) is 0 Å². The Labute approximate surface area is 129 Å². The molecule has 21 heavy (non-hydrogen) atoms. The van der Waals surface area contributed by atoms with Crippen LogP contribution in [0.15, 0.2) is 18.2 Å². The quantitative estimate of drug-likeness (QED) is 0.516. The monoisotopic (exact) mass is 294 g/mol. The Morgan fingerprint density at radius 1 is 1.00 bits per heavy atom. The van der Waals surface area contributed by atoms with Crippen LogP contribution in [-0.2, 0) is 4.74 Å². The molecular weight excluding hydrogens is 264 g/mol. The first-order valence-corrected chi connectivity index (χ1v) is 7.53. The number of hydrogen-bond acceptors (Lipinski definition) is 4. The SMILES string of the molecule is Cc1cccc(C)c1OCCCOC(CN(C)C)N(C)C. The molecule has 0 amide bonds. The van der Waals surface area contributed by atoms with Gasteiger partial charge in [-0.3, -0.25) is 4.90 Å². The molecule has 0 N–H and O–H groups in total. The van der Waals surface area contributed by atoms with Gasteiger partial charge in [-0.05, 0) is 53.2 Å². The van der Waals surface area contributed by atoms with E-state index in [2.05, 4.69) is 55.9 Å². The molecule has 0 heterocycles. The Morgan fingerprint density at radius 3 is 2.14 bits per heavy atom. The molecule has 120 valence electrons. The molecule has 0 aliphatic rings. The number of ether oxygens (including phenoxy) is 2. The molecule has 1 rings (SSSR count). The maximum Gasteiger partial charge on any atom is 0.125 e. The maximum absolute atomic E-state index is 5.92. The lowest BCUT2D eigenvalue weighted by molar-refractivity contribution is -0.0512. The topological polar surface area (TPSA) is 24.9 Å². The summed E-state index contributed by atoms with van der Waals surface area (Å²) in [6, 6.07) is 6.22. The first-order valence-electron chi connectivity index (χ1n) is 7.53. The third kappa shape index (κ3) is 6.46. The molecule has 0 aromatic heterocycles. The van der Waals surface area contributed by atoms with Gasteiger partial charge in [0.1, 0.15) is 12.0 Å². The van der Waals surface area contributed by atoms with E-state index in [1.54, 1.807) is 0 Å². The normalized spacial score (nSPS) is 13.0. The summed E-state index contributed by atoms with van der Waals surface area (Å²) in [4.78, 5) is 4.24. The van der Waals surface area contributed by atoms with Crippen LogP contribution in [0, 0.1) is 13.8 Å². The lowest BCUT2D eigenvalue weighted by atomic mass is 10.1. The van der Waals surface area contributed by atoms with Crippen LogP contribution in [-0.4, -0.2) is 64.0 Å². The third-order valence-electron chi connectivity index (χ3n) is 3.35. The first kappa shape index (κ1) is 18.0. The van der Waals surface area contributed by atoms with E-state index in [1.165, 1.54) is 11.1 Å². The summed E-state index contributed by atoms with van der Waals surface area (Å²) in [5, 5.41) is 0. The van der Waals surface area contributed by atoms with Gasteiger partial charge in [0.05, 0.1) is 13.2 Å². The number of hydrogen-bond donors (Lipinski definition) is 0. The van der Waals surface area contributed by atoms with Gasteiger partial charge in [-0.1, -0.05) is 18.2 Å². The van der Waals surface area contributed by atoms with Gasteiger partial charge in [-0.2, -0.15) is 0 Å².